The van der Waals surface area contributed by atoms with E-state index in [4.69, 9.17) is 16.7 Å². The Hall–Kier alpha value is -0.460. The SMILES string of the molecule is Cl.OCC(F)(F)[C@H](c1ccc(Cl)cc1)N1CCNCC1. The predicted octanol–water partition coefficient (Wildman–Crippen LogP) is 2.34. The molecule has 0 aromatic heterocycles. The number of benzene rings is 1. The first-order valence-electron chi connectivity index (χ1n) is 6.23. The van der Waals surface area contributed by atoms with Crippen LogP contribution in [0.25, 0.3) is 0 Å². The number of nitrogens with zero attached hydrogens (tertiary/aromatic N) is 1. The van der Waals surface area contributed by atoms with Crippen LogP contribution in [-0.4, -0.2) is 48.7 Å². The third kappa shape index (κ3) is 4.02. The van der Waals surface area contributed by atoms with E-state index < -0.39 is 18.6 Å². The van der Waals surface area contributed by atoms with E-state index in [0.29, 0.717) is 36.8 Å². The maximum Gasteiger partial charge on any atom is 0.289 e. The number of alkyl halides is 2. The summed E-state index contributed by atoms with van der Waals surface area (Å²) in [6.45, 7) is 1.24. The summed E-state index contributed by atoms with van der Waals surface area (Å²) in [4.78, 5) is 1.70. The largest absolute Gasteiger partial charge is 0.390 e. The van der Waals surface area contributed by atoms with Gasteiger partial charge in [-0.2, -0.15) is 0 Å². The van der Waals surface area contributed by atoms with Crippen LogP contribution in [-0.2, 0) is 0 Å². The number of aliphatic hydroxyl groups is 1. The van der Waals surface area contributed by atoms with Gasteiger partial charge in [0.1, 0.15) is 12.6 Å². The minimum Gasteiger partial charge on any atom is -0.390 e. The van der Waals surface area contributed by atoms with Crippen molar-refractivity contribution in [2.24, 2.45) is 0 Å². The van der Waals surface area contributed by atoms with E-state index in [0.717, 1.165) is 0 Å². The van der Waals surface area contributed by atoms with Crippen molar-refractivity contribution in [1.29, 1.82) is 0 Å². The molecule has 1 aromatic rings. The van der Waals surface area contributed by atoms with Gasteiger partial charge in [-0.1, -0.05) is 23.7 Å². The molecule has 7 heteroatoms. The van der Waals surface area contributed by atoms with Crippen LogP contribution in [0.5, 0.6) is 0 Å². The number of piperazine rings is 1. The zero-order valence-corrected chi connectivity index (χ0v) is 12.4. The van der Waals surface area contributed by atoms with Gasteiger partial charge >= 0.3 is 0 Å². The van der Waals surface area contributed by atoms with Crippen molar-refractivity contribution in [3.8, 4) is 0 Å². The van der Waals surface area contributed by atoms with Crippen molar-refractivity contribution < 1.29 is 13.9 Å². The fraction of sp³-hybridized carbons (Fsp3) is 0.538. The van der Waals surface area contributed by atoms with Gasteiger partial charge < -0.3 is 10.4 Å². The van der Waals surface area contributed by atoms with E-state index in [1.807, 2.05) is 0 Å². The van der Waals surface area contributed by atoms with Gasteiger partial charge in [0.15, 0.2) is 0 Å². The summed E-state index contributed by atoms with van der Waals surface area (Å²) >= 11 is 5.79. The minimum absolute atomic E-state index is 0. The average Bonchev–Trinajstić information content (AvgIpc) is 2.42. The molecule has 0 amide bonds. The molecule has 0 radical (unpaired) electrons. The maximum atomic E-state index is 14.0. The van der Waals surface area contributed by atoms with E-state index >= 15 is 0 Å². The lowest BCUT2D eigenvalue weighted by Crippen LogP contribution is -2.51. The Morgan fingerprint density at radius 2 is 1.80 bits per heavy atom. The van der Waals surface area contributed by atoms with Crippen molar-refractivity contribution in [2.75, 3.05) is 32.8 Å². The van der Waals surface area contributed by atoms with Gasteiger partial charge in [0.05, 0.1) is 0 Å². The Kier molecular flexibility index (Phi) is 6.61. The number of aliphatic hydroxyl groups excluding tert-OH is 1. The van der Waals surface area contributed by atoms with E-state index in [-0.39, 0.29) is 12.4 Å². The van der Waals surface area contributed by atoms with Crippen LogP contribution < -0.4 is 5.32 Å². The van der Waals surface area contributed by atoms with Crippen LogP contribution in [0.4, 0.5) is 8.78 Å². The first-order valence-corrected chi connectivity index (χ1v) is 6.61. The molecular weight excluding hydrogens is 309 g/mol. The molecule has 0 unspecified atom stereocenters. The zero-order chi connectivity index (χ0) is 13.9. The summed E-state index contributed by atoms with van der Waals surface area (Å²) in [6.07, 6.45) is 0. The van der Waals surface area contributed by atoms with Crippen molar-refractivity contribution in [3.63, 3.8) is 0 Å². The van der Waals surface area contributed by atoms with E-state index in [9.17, 15) is 8.78 Å². The van der Waals surface area contributed by atoms with Crippen LogP contribution in [0.1, 0.15) is 11.6 Å². The van der Waals surface area contributed by atoms with Crippen LogP contribution in [0.3, 0.4) is 0 Å². The van der Waals surface area contributed by atoms with Crippen molar-refractivity contribution in [1.82, 2.24) is 10.2 Å². The summed E-state index contributed by atoms with van der Waals surface area (Å²) in [5.41, 5.74) is 0.477. The van der Waals surface area contributed by atoms with Gasteiger partial charge in [-0.25, -0.2) is 8.78 Å². The number of nitrogens with one attached hydrogen (secondary N) is 1. The molecule has 114 valence electrons. The molecule has 1 aliphatic rings. The molecule has 0 saturated carbocycles. The Labute approximate surface area is 128 Å². The molecule has 3 nitrogen and oxygen atoms in total. The molecule has 1 fully saturated rings. The molecule has 2 rings (SSSR count). The summed E-state index contributed by atoms with van der Waals surface area (Å²) in [7, 11) is 0. The Balaban J connectivity index is 0.00000200. The Morgan fingerprint density at radius 3 is 2.30 bits per heavy atom. The molecule has 1 saturated heterocycles. The quantitative estimate of drug-likeness (QED) is 0.891. The van der Waals surface area contributed by atoms with Crippen molar-refractivity contribution >= 4 is 24.0 Å². The number of hydrogen-bond donors (Lipinski definition) is 2. The Bertz CT molecular complexity index is 411. The van der Waals surface area contributed by atoms with Crippen LogP contribution in [0, 0.1) is 0 Å². The minimum atomic E-state index is -3.18. The highest BCUT2D eigenvalue weighted by Crippen LogP contribution is 2.36. The molecule has 1 aliphatic heterocycles. The molecule has 0 bridgehead atoms. The molecule has 1 aromatic carbocycles. The predicted molar refractivity (Wildman–Crippen MR) is 77.9 cm³/mol. The lowest BCUT2D eigenvalue weighted by molar-refractivity contribution is -0.118. The standard InChI is InChI=1S/C13H17ClF2N2O.ClH/c14-11-3-1-10(2-4-11)12(13(15,16)9-19)18-7-5-17-6-8-18;/h1-4,12,17,19H,5-9H2;1H/t12-;/m0./s1. The molecule has 0 aliphatic carbocycles. The number of halogens is 4. The second kappa shape index (κ2) is 7.52. The van der Waals surface area contributed by atoms with Crippen molar-refractivity contribution in [2.45, 2.75) is 12.0 Å². The van der Waals surface area contributed by atoms with E-state index in [1.54, 1.807) is 29.2 Å². The third-order valence-corrected chi connectivity index (χ3v) is 3.57. The topological polar surface area (TPSA) is 35.5 Å². The van der Waals surface area contributed by atoms with Gasteiger partial charge in [-0.15, -0.1) is 12.4 Å². The summed E-state index contributed by atoms with van der Waals surface area (Å²) in [6, 6.07) is 5.27. The molecule has 1 heterocycles. The molecule has 0 spiro atoms. The van der Waals surface area contributed by atoms with Crippen LogP contribution >= 0.6 is 24.0 Å². The summed E-state index contributed by atoms with van der Waals surface area (Å²) < 4.78 is 28.1. The molecule has 20 heavy (non-hydrogen) atoms. The molecule has 1 atom stereocenters. The van der Waals surface area contributed by atoms with E-state index in [1.165, 1.54) is 0 Å². The second-order valence-corrected chi connectivity index (χ2v) is 5.10. The van der Waals surface area contributed by atoms with Gasteiger partial charge in [0.25, 0.3) is 5.92 Å². The van der Waals surface area contributed by atoms with Crippen molar-refractivity contribution in [3.05, 3.63) is 34.9 Å². The fourth-order valence-electron chi connectivity index (χ4n) is 2.39. The number of rotatable bonds is 4. The van der Waals surface area contributed by atoms with Crippen LogP contribution in [0.15, 0.2) is 24.3 Å². The fourth-order valence-corrected chi connectivity index (χ4v) is 2.52. The lowest BCUT2D eigenvalue weighted by Gasteiger charge is -2.38. The first-order chi connectivity index (χ1) is 9.04. The number of hydrogen-bond acceptors (Lipinski definition) is 3. The average molecular weight is 327 g/mol. The van der Waals surface area contributed by atoms with Gasteiger partial charge in [0.2, 0.25) is 0 Å². The zero-order valence-electron chi connectivity index (χ0n) is 10.9. The van der Waals surface area contributed by atoms with Gasteiger partial charge in [-0.3, -0.25) is 4.90 Å². The summed E-state index contributed by atoms with van der Waals surface area (Å²) in [5.74, 6) is -3.18. The lowest BCUT2D eigenvalue weighted by atomic mass is 9.98. The molecule has 2 N–H and O–H groups in total. The van der Waals surface area contributed by atoms with Crippen LogP contribution in [0.2, 0.25) is 5.02 Å². The molecular formula is C13H18Cl2F2N2O. The monoisotopic (exact) mass is 326 g/mol. The smallest absolute Gasteiger partial charge is 0.289 e. The highest BCUT2D eigenvalue weighted by molar-refractivity contribution is 6.30. The van der Waals surface area contributed by atoms with E-state index in [2.05, 4.69) is 5.32 Å². The second-order valence-electron chi connectivity index (χ2n) is 4.66. The highest BCUT2D eigenvalue weighted by Gasteiger charge is 2.43. The maximum absolute atomic E-state index is 14.0. The normalized spacial score (nSPS) is 18.4. The summed E-state index contributed by atoms with van der Waals surface area (Å²) in [5, 5.41) is 12.6. The van der Waals surface area contributed by atoms with Gasteiger partial charge in [0, 0.05) is 31.2 Å². The first kappa shape index (κ1) is 17.6. The third-order valence-electron chi connectivity index (χ3n) is 3.31. The van der Waals surface area contributed by atoms with Gasteiger partial charge in [-0.05, 0) is 17.7 Å². The highest BCUT2D eigenvalue weighted by atomic mass is 35.5. The Morgan fingerprint density at radius 1 is 1.25 bits per heavy atom.